The summed E-state index contributed by atoms with van der Waals surface area (Å²) in [7, 11) is -0.0214. The molecule has 0 aromatic rings. The fourth-order valence-electron chi connectivity index (χ4n) is 2.24. The summed E-state index contributed by atoms with van der Waals surface area (Å²) in [4.78, 5) is 0. The summed E-state index contributed by atoms with van der Waals surface area (Å²) < 4.78 is 214. The highest BCUT2D eigenvalue weighted by atomic mass is 28.4. The number of halogens is 15. The maximum absolute atomic E-state index is 13.6. The van der Waals surface area contributed by atoms with E-state index in [1.54, 1.807) is 0 Å². The van der Waals surface area contributed by atoms with Gasteiger partial charge in [-0.05, 0) is 6.42 Å². The van der Waals surface area contributed by atoms with Gasteiger partial charge in [0.25, 0.3) is 0 Å². The van der Waals surface area contributed by atoms with Gasteiger partial charge in [-0.3, -0.25) is 0 Å². The Balaban J connectivity index is 5.72. The average molecular weight is 562 g/mol. The quantitative estimate of drug-likeness (QED) is 0.156. The highest BCUT2D eigenvalue weighted by Gasteiger charge is 2.93. The van der Waals surface area contributed by atoms with Crippen molar-refractivity contribution in [1.82, 2.24) is 0 Å². The average Bonchev–Trinajstić information content (AvgIpc) is 2.69. The molecular weight excluding hydrogens is 545 g/mol. The van der Waals surface area contributed by atoms with Gasteiger partial charge in [-0.15, -0.1) is 0 Å². The molecule has 0 bridgehead atoms. The molecule has 0 fully saturated rings. The Morgan fingerprint density at radius 1 is 0.529 bits per heavy atom. The number of hydrogen-bond donors (Lipinski definition) is 0. The van der Waals surface area contributed by atoms with Gasteiger partial charge in [0.15, 0.2) is 0 Å². The van der Waals surface area contributed by atoms with Crippen molar-refractivity contribution in [2.24, 2.45) is 0 Å². The van der Waals surface area contributed by atoms with E-state index in [2.05, 4.69) is 4.74 Å². The molecule has 0 saturated carbocycles. The van der Waals surface area contributed by atoms with E-state index in [0.29, 0.717) is 0 Å². The summed E-state index contributed by atoms with van der Waals surface area (Å²) in [6, 6.07) is -0.231. The van der Waals surface area contributed by atoms with E-state index in [0.717, 1.165) is 21.3 Å². The molecule has 0 aliphatic heterocycles. The molecular formula is C14H17F15O4Si. The molecule has 0 atom stereocenters. The minimum atomic E-state index is -8.31. The summed E-state index contributed by atoms with van der Waals surface area (Å²) in [6.07, 6.45) is -8.03. The van der Waals surface area contributed by atoms with Gasteiger partial charge in [-0.1, -0.05) is 0 Å². The van der Waals surface area contributed by atoms with Crippen LogP contribution in [0.3, 0.4) is 0 Å². The van der Waals surface area contributed by atoms with E-state index in [1.807, 2.05) is 0 Å². The minimum Gasteiger partial charge on any atom is -0.377 e. The molecule has 20 heteroatoms. The fraction of sp³-hybridized carbons (Fsp3) is 1.00. The molecule has 34 heavy (non-hydrogen) atoms. The summed E-state index contributed by atoms with van der Waals surface area (Å²) in [5, 5.41) is 0. The van der Waals surface area contributed by atoms with Crippen molar-refractivity contribution in [2.45, 2.75) is 54.2 Å². The molecule has 4 nitrogen and oxygen atoms in total. The van der Waals surface area contributed by atoms with Crippen LogP contribution in [0, 0.1) is 0 Å². The number of hydrogen-bond acceptors (Lipinski definition) is 4. The van der Waals surface area contributed by atoms with E-state index < -0.39 is 70.2 Å². The van der Waals surface area contributed by atoms with Crippen molar-refractivity contribution in [3.05, 3.63) is 0 Å². The lowest BCUT2D eigenvalue weighted by Gasteiger charge is -2.41. The van der Waals surface area contributed by atoms with Crippen LogP contribution < -0.4 is 0 Å². The van der Waals surface area contributed by atoms with Gasteiger partial charge in [0.05, 0.1) is 0 Å². The first-order valence-electron chi connectivity index (χ1n) is 8.46. The highest BCUT2D eigenvalue weighted by molar-refractivity contribution is 6.60. The molecule has 0 aliphatic carbocycles. The lowest BCUT2D eigenvalue weighted by Crippen LogP contribution is -2.73. The lowest BCUT2D eigenvalue weighted by atomic mass is 9.91. The molecule has 0 aromatic heterocycles. The molecule has 206 valence electrons. The van der Waals surface area contributed by atoms with E-state index in [9.17, 15) is 65.9 Å². The Kier molecular flexibility index (Phi) is 9.87. The van der Waals surface area contributed by atoms with Crippen LogP contribution in [0.1, 0.15) is 6.42 Å². The Morgan fingerprint density at radius 3 is 1.24 bits per heavy atom. The molecule has 0 amide bonds. The molecule has 0 spiro atoms. The molecule has 0 heterocycles. The third-order valence-corrected chi connectivity index (χ3v) is 7.21. The summed E-state index contributed by atoms with van der Waals surface area (Å²) in [6.45, 7) is -3.82. The van der Waals surface area contributed by atoms with Gasteiger partial charge in [-0.25, -0.2) is 0 Å². The predicted octanol–water partition coefficient (Wildman–Crippen LogP) is 5.65. The van der Waals surface area contributed by atoms with Gasteiger partial charge in [-0.2, -0.15) is 65.9 Å². The second-order valence-corrected chi connectivity index (χ2v) is 9.62. The normalized spacial score (nSPS) is 15.7. The Hall–Kier alpha value is -0.993. The van der Waals surface area contributed by atoms with Crippen molar-refractivity contribution in [2.75, 3.05) is 34.5 Å². The van der Waals surface area contributed by atoms with Crippen molar-refractivity contribution >= 4 is 8.80 Å². The highest BCUT2D eigenvalue weighted by Crippen LogP contribution is 2.62. The van der Waals surface area contributed by atoms with Crippen LogP contribution in [-0.4, -0.2) is 85.1 Å². The Morgan fingerprint density at radius 2 is 0.882 bits per heavy atom. The number of rotatable bonds is 14. The smallest absolute Gasteiger partial charge is 0.377 e. The van der Waals surface area contributed by atoms with Crippen LogP contribution in [0.15, 0.2) is 0 Å². The zero-order valence-electron chi connectivity index (χ0n) is 17.1. The topological polar surface area (TPSA) is 36.9 Å². The number of ether oxygens (including phenoxy) is 1. The van der Waals surface area contributed by atoms with Crippen molar-refractivity contribution in [1.29, 1.82) is 0 Å². The van der Waals surface area contributed by atoms with Crippen molar-refractivity contribution in [3.63, 3.8) is 0 Å². The van der Waals surface area contributed by atoms with Crippen LogP contribution in [0.25, 0.3) is 0 Å². The van der Waals surface area contributed by atoms with Gasteiger partial charge in [0.1, 0.15) is 6.61 Å². The standard InChI is InChI=1S/C14H17F15O4Si/c1-30-34(31-2,32-3)6-4-5-33-7-8(15,16)9(17,18)10(19,20)11(21,22)12(23,24)13(25,26)14(27,28)29/h4-7H2,1-3H3. The molecule has 0 N–H and O–H groups in total. The maximum Gasteiger partial charge on any atom is 0.500 e. The van der Waals surface area contributed by atoms with Crippen LogP contribution >= 0.6 is 0 Å². The number of alkyl halides is 15. The van der Waals surface area contributed by atoms with E-state index in [1.165, 1.54) is 0 Å². The third kappa shape index (κ3) is 5.38. The maximum atomic E-state index is 13.6. The SMILES string of the molecule is CO[Si](CCCOCC(F)(F)C(F)(F)C(F)(F)C(F)(F)C(F)(F)C(F)(F)C(F)(F)F)(OC)OC. The third-order valence-electron chi connectivity index (χ3n) is 4.38. The predicted molar refractivity (Wildman–Crippen MR) is 82.8 cm³/mol. The second-order valence-electron chi connectivity index (χ2n) is 6.53. The van der Waals surface area contributed by atoms with Gasteiger partial charge < -0.3 is 18.0 Å². The fourth-order valence-corrected chi connectivity index (χ4v) is 3.93. The Bertz CT molecular complexity index is 656. The molecule has 0 aliphatic rings. The van der Waals surface area contributed by atoms with Crippen LogP contribution in [0.5, 0.6) is 0 Å². The first-order chi connectivity index (χ1) is 14.9. The first kappa shape index (κ1) is 33.0. The molecule has 0 unspecified atom stereocenters. The van der Waals surface area contributed by atoms with E-state index >= 15 is 0 Å². The van der Waals surface area contributed by atoms with E-state index in [4.69, 9.17) is 13.3 Å². The van der Waals surface area contributed by atoms with Crippen molar-refractivity contribution in [3.8, 4) is 0 Å². The molecule has 0 radical (unpaired) electrons. The van der Waals surface area contributed by atoms with Crippen LogP contribution in [-0.2, 0) is 18.0 Å². The summed E-state index contributed by atoms with van der Waals surface area (Å²) >= 11 is 0. The van der Waals surface area contributed by atoms with Crippen LogP contribution in [0.2, 0.25) is 6.04 Å². The van der Waals surface area contributed by atoms with Crippen LogP contribution in [0.4, 0.5) is 65.9 Å². The molecule has 0 saturated heterocycles. The monoisotopic (exact) mass is 562 g/mol. The molecule has 0 rings (SSSR count). The van der Waals surface area contributed by atoms with Gasteiger partial charge >= 0.3 is 50.5 Å². The van der Waals surface area contributed by atoms with E-state index in [-0.39, 0.29) is 6.04 Å². The summed E-state index contributed by atoms with van der Waals surface area (Å²) in [5.74, 6) is -46.7. The minimum absolute atomic E-state index is 0.231. The molecule has 0 aromatic carbocycles. The van der Waals surface area contributed by atoms with Gasteiger partial charge in [0.2, 0.25) is 0 Å². The first-order valence-corrected chi connectivity index (χ1v) is 10.4. The second kappa shape index (κ2) is 10.2. The largest absolute Gasteiger partial charge is 0.500 e. The zero-order chi connectivity index (χ0) is 27.7. The van der Waals surface area contributed by atoms with Gasteiger partial charge in [0, 0.05) is 34.0 Å². The van der Waals surface area contributed by atoms with Crippen molar-refractivity contribution < 1.29 is 83.9 Å². The zero-order valence-corrected chi connectivity index (χ0v) is 18.1. The lowest BCUT2D eigenvalue weighted by molar-refractivity contribution is -0.453. The summed E-state index contributed by atoms with van der Waals surface area (Å²) in [5.41, 5.74) is 0. The Labute approximate surface area is 182 Å².